The average molecular weight is 218 g/mol. The van der Waals surface area contributed by atoms with Crippen LogP contribution < -0.4 is 0 Å². The van der Waals surface area contributed by atoms with Gasteiger partial charge in [-0.05, 0) is 30.4 Å². The highest BCUT2D eigenvalue weighted by Gasteiger charge is 2.31. The molecule has 0 aromatic carbocycles. The van der Waals surface area contributed by atoms with E-state index in [1.165, 1.54) is 16.7 Å². The van der Waals surface area contributed by atoms with E-state index in [0.29, 0.717) is 19.6 Å². The highest BCUT2D eigenvalue weighted by atomic mass is 16.5. The first kappa shape index (κ1) is 9.85. The monoisotopic (exact) mass is 218 g/mol. The molecule has 3 nitrogen and oxygen atoms in total. The van der Waals surface area contributed by atoms with Gasteiger partial charge in [-0.3, -0.25) is 0 Å². The van der Waals surface area contributed by atoms with Gasteiger partial charge in [-0.1, -0.05) is 0 Å². The Morgan fingerprint density at radius 3 is 3.12 bits per heavy atom. The number of fused-ring (bicyclic) bond motifs is 2. The Labute approximate surface area is 94.1 Å². The maximum Gasteiger partial charge on any atom is 0.130 e. The molecule has 1 aromatic heterocycles. The molecule has 0 saturated heterocycles. The van der Waals surface area contributed by atoms with Gasteiger partial charge in [0, 0.05) is 17.5 Å². The maximum absolute atomic E-state index is 11.3. The van der Waals surface area contributed by atoms with Crippen LogP contribution >= 0.6 is 0 Å². The van der Waals surface area contributed by atoms with Crippen molar-refractivity contribution in [3.63, 3.8) is 0 Å². The van der Waals surface area contributed by atoms with Gasteiger partial charge in [0.15, 0.2) is 0 Å². The molecule has 84 valence electrons. The Hall–Kier alpha value is -1.35. The van der Waals surface area contributed by atoms with Crippen molar-refractivity contribution >= 4 is 11.4 Å². The predicted octanol–water partition coefficient (Wildman–Crippen LogP) is 2.53. The number of hydrogen-bond donors (Lipinski definition) is 0. The van der Waals surface area contributed by atoms with Crippen LogP contribution in [0, 0.1) is 0 Å². The molecule has 0 amide bonds. The molecule has 1 aliphatic carbocycles. The lowest BCUT2D eigenvalue weighted by atomic mass is 9.80. The van der Waals surface area contributed by atoms with Gasteiger partial charge in [0.05, 0.1) is 25.7 Å². The van der Waals surface area contributed by atoms with Gasteiger partial charge in [-0.25, -0.2) is 0 Å². The number of furan rings is 1. The Morgan fingerprint density at radius 1 is 1.44 bits per heavy atom. The number of carbonyl (C=O) groups excluding carboxylic acids is 1. The molecule has 1 aliphatic heterocycles. The lowest BCUT2D eigenvalue weighted by molar-refractivity contribution is -0.117. The summed E-state index contributed by atoms with van der Waals surface area (Å²) in [5.41, 5.74) is 4.97. The van der Waals surface area contributed by atoms with Gasteiger partial charge in [-0.15, -0.1) is 0 Å². The zero-order chi connectivity index (χ0) is 11.1. The van der Waals surface area contributed by atoms with E-state index in [-0.39, 0.29) is 11.7 Å². The molecule has 16 heavy (non-hydrogen) atoms. The molecule has 2 aliphatic rings. The molecule has 1 unspecified atom stereocenters. The smallest absolute Gasteiger partial charge is 0.130 e. The molecule has 0 saturated carbocycles. The quantitative estimate of drug-likeness (QED) is 0.765. The average Bonchev–Trinajstić information content (AvgIpc) is 2.82. The summed E-state index contributed by atoms with van der Waals surface area (Å²) in [5, 5.41) is 0. The largest absolute Gasteiger partial charge is 0.472 e. The van der Waals surface area contributed by atoms with Gasteiger partial charge in [-0.2, -0.15) is 0 Å². The third kappa shape index (κ3) is 1.43. The minimum atomic E-state index is 0.236. The summed E-state index contributed by atoms with van der Waals surface area (Å²) in [5.74, 6) is 0.520. The number of Topliss-reactive ketones (excluding diaryl/α,β-unsaturated/α-hetero) is 1. The summed E-state index contributed by atoms with van der Waals surface area (Å²) in [7, 11) is 0. The molecule has 1 atom stereocenters. The van der Waals surface area contributed by atoms with Gasteiger partial charge >= 0.3 is 0 Å². The van der Waals surface area contributed by atoms with Crippen LogP contribution in [-0.2, 0) is 9.53 Å². The normalized spacial score (nSPS) is 23.2. The number of carbonyl (C=O) groups is 1. The van der Waals surface area contributed by atoms with E-state index in [1.54, 1.807) is 19.5 Å². The van der Waals surface area contributed by atoms with Gasteiger partial charge in [0.25, 0.3) is 0 Å². The first-order valence-corrected chi connectivity index (χ1v) is 5.60. The van der Waals surface area contributed by atoms with Crippen LogP contribution in [0.25, 0.3) is 5.57 Å². The Bertz CT molecular complexity index is 467. The summed E-state index contributed by atoms with van der Waals surface area (Å²) in [4.78, 5) is 11.3. The minimum Gasteiger partial charge on any atom is -0.472 e. The zero-order valence-corrected chi connectivity index (χ0v) is 9.29. The highest BCUT2D eigenvalue weighted by molar-refractivity contribution is 5.80. The van der Waals surface area contributed by atoms with Crippen molar-refractivity contribution in [1.82, 2.24) is 0 Å². The molecule has 0 spiro atoms. The Kier molecular flexibility index (Phi) is 2.21. The van der Waals surface area contributed by atoms with Crippen LogP contribution in [0.2, 0.25) is 0 Å². The lowest BCUT2D eigenvalue weighted by Gasteiger charge is -2.22. The second kappa shape index (κ2) is 3.59. The minimum absolute atomic E-state index is 0.236. The standard InChI is InChI=1S/C13H14O3/c1-8(14)2-9-3-10-4-15-6-12(10)13-7-16-5-11(9)13/h5,7,9H,2-4,6H2,1H3. The van der Waals surface area contributed by atoms with Crippen molar-refractivity contribution in [2.75, 3.05) is 13.2 Å². The van der Waals surface area contributed by atoms with E-state index >= 15 is 0 Å². The van der Waals surface area contributed by atoms with Crippen LogP contribution in [0.4, 0.5) is 0 Å². The molecular formula is C13H14O3. The van der Waals surface area contributed by atoms with E-state index in [1.807, 2.05) is 0 Å². The summed E-state index contributed by atoms with van der Waals surface area (Å²) in [6.45, 7) is 3.05. The fraction of sp³-hybridized carbons (Fsp3) is 0.462. The Morgan fingerprint density at radius 2 is 2.31 bits per heavy atom. The lowest BCUT2D eigenvalue weighted by Crippen LogP contribution is -2.11. The van der Waals surface area contributed by atoms with Crippen molar-refractivity contribution in [3.05, 3.63) is 29.2 Å². The summed E-state index contributed by atoms with van der Waals surface area (Å²) >= 11 is 0. The predicted molar refractivity (Wildman–Crippen MR) is 59.1 cm³/mol. The van der Waals surface area contributed by atoms with Crippen LogP contribution in [0.1, 0.15) is 36.8 Å². The molecule has 2 heterocycles. The van der Waals surface area contributed by atoms with Crippen molar-refractivity contribution < 1.29 is 13.9 Å². The first-order valence-electron chi connectivity index (χ1n) is 5.60. The van der Waals surface area contributed by atoms with E-state index in [2.05, 4.69) is 0 Å². The molecule has 3 heteroatoms. The number of hydrogen-bond acceptors (Lipinski definition) is 3. The third-order valence-corrected chi connectivity index (χ3v) is 3.43. The fourth-order valence-electron chi connectivity index (χ4n) is 2.72. The van der Waals surface area contributed by atoms with Crippen LogP contribution in [-0.4, -0.2) is 19.0 Å². The molecule has 0 fully saturated rings. The second-order valence-electron chi connectivity index (χ2n) is 4.62. The van der Waals surface area contributed by atoms with Crippen molar-refractivity contribution in [2.24, 2.45) is 0 Å². The molecule has 0 N–H and O–H groups in total. The highest BCUT2D eigenvalue weighted by Crippen LogP contribution is 2.43. The summed E-state index contributed by atoms with van der Waals surface area (Å²) < 4.78 is 10.8. The van der Waals surface area contributed by atoms with Crippen LogP contribution in [0.5, 0.6) is 0 Å². The molecule has 0 radical (unpaired) electrons. The second-order valence-corrected chi connectivity index (χ2v) is 4.62. The van der Waals surface area contributed by atoms with E-state index in [4.69, 9.17) is 9.15 Å². The van der Waals surface area contributed by atoms with Gasteiger partial charge in [0.2, 0.25) is 0 Å². The van der Waals surface area contributed by atoms with E-state index < -0.39 is 0 Å². The van der Waals surface area contributed by atoms with E-state index in [0.717, 1.165) is 12.0 Å². The Balaban J connectivity index is 2.00. The number of ether oxygens (including phenoxy) is 1. The summed E-state index contributed by atoms with van der Waals surface area (Å²) in [6, 6.07) is 0. The zero-order valence-electron chi connectivity index (χ0n) is 9.29. The number of ketones is 1. The topological polar surface area (TPSA) is 39.4 Å². The molecular weight excluding hydrogens is 204 g/mol. The van der Waals surface area contributed by atoms with Crippen molar-refractivity contribution in [2.45, 2.75) is 25.7 Å². The molecule has 3 rings (SSSR count). The van der Waals surface area contributed by atoms with Gasteiger partial charge in [0.1, 0.15) is 5.78 Å². The third-order valence-electron chi connectivity index (χ3n) is 3.43. The molecule has 0 bridgehead atoms. The fourth-order valence-corrected chi connectivity index (χ4v) is 2.72. The van der Waals surface area contributed by atoms with E-state index in [9.17, 15) is 4.79 Å². The van der Waals surface area contributed by atoms with Crippen LogP contribution in [0.3, 0.4) is 0 Å². The molecule has 1 aromatic rings. The SMILES string of the molecule is CC(=O)CC1CC2=C(COC2)c2cocc21. The van der Waals surface area contributed by atoms with Crippen molar-refractivity contribution in [3.8, 4) is 0 Å². The maximum atomic E-state index is 11.3. The van der Waals surface area contributed by atoms with Gasteiger partial charge < -0.3 is 13.9 Å². The summed E-state index contributed by atoms with van der Waals surface area (Å²) in [6.07, 6.45) is 5.11. The first-order chi connectivity index (χ1) is 7.75. The van der Waals surface area contributed by atoms with Crippen molar-refractivity contribution in [1.29, 1.82) is 0 Å². The number of rotatable bonds is 2. The van der Waals surface area contributed by atoms with Crippen LogP contribution in [0.15, 0.2) is 22.5 Å².